The summed E-state index contributed by atoms with van der Waals surface area (Å²) in [5, 5.41) is 10.6. The standard InChI is InChI=1S/C17H24N2O2/c1-12(18)15(11-14-9-7-6-8-10-14)13(2)19-16(20)21-17(3,4)5/h6-10,18H,11H2,1-5H3,(H,19,20)/b15-13-,18-12?. The molecule has 0 aliphatic rings. The summed E-state index contributed by atoms with van der Waals surface area (Å²) in [6, 6.07) is 9.88. The average Bonchev–Trinajstić information content (AvgIpc) is 2.34. The van der Waals surface area contributed by atoms with E-state index in [1.54, 1.807) is 13.8 Å². The lowest BCUT2D eigenvalue weighted by Gasteiger charge is -2.20. The van der Waals surface area contributed by atoms with Crippen molar-refractivity contribution in [3.05, 3.63) is 47.2 Å². The van der Waals surface area contributed by atoms with Crippen LogP contribution in [0.1, 0.15) is 40.2 Å². The van der Waals surface area contributed by atoms with E-state index in [9.17, 15) is 4.79 Å². The molecule has 0 atom stereocenters. The maximum atomic E-state index is 11.8. The third-order valence-electron chi connectivity index (χ3n) is 2.82. The third-order valence-corrected chi connectivity index (χ3v) is 2.82. The molecule has 4 heteroatoms. The molecule has 1 aromatic carbocycles. The van der Waals surface area contributed by atoms with E-state index < -0.39 is 11.7 Å². The average molecular weight is 288 g/mol. The van der Waals surface area contributed by atoms with E-state index >= 15 is 0 Å². The van der Waals surface area contributed by atoms with Gasteiger partial charge < -0.3 is 10.1 Å². The molecule has 0 spiro atoms. The predicted molar refractivity (Wildman–Crippen MR) is 85.6 cm³/mol. The molecule has 1 rings (SSSR count). The van der Waals surface area contributed by atoms with Crippen molar-refractivity contribution in [3.8, 4) is 0 Å². The van der Waals surface area contributed by atoms with Crippen LogP contribution in [0.5, 0.6) is 0 Å². The number of hydrogen-bond donors (Lipinski definition) is 2. The molecule has 0 fully saturated rings. The molecule has 0 radical (unpaired) electrons. The van der Waals surface area contributed by atoms with Crippen molar-refractivity contribution in [1.82, 2.24) is 5.32 Å². The van der Waals surface area contributed by atoms with E-state index in [2.05, 4.69) is 5.32 Å². The number of allylic oxidation sites excluding steroid dienone is 2. The first-order chi connectivity index (χ1) is 9.69. The SMILES string of the molecule is CC(=N)/C(Cc1ccccc1)=C(/C)NC(=O)OC(C)(C)C. The lowest BCUT2D eigenvalue weighted by atomic mass is 10.00. The van der Waals surface area contributed by atoms with Crippen LogP contribution in [0.25, 0.3) is 0 Å². The number of hydrogen-bond acceptors (Lipinski definition) is 3. The van der Waals surface area contributed by atoms with Crippen LogP contribution in [0.3, 0.4) is 0 Å². The van der Waals surface area contributed by atoms with Gasteiger partial charge in [-0.2, -0.15) is 0 Å². The lowest BCUT2D eigenvalue weighted by Crippen LogP contribution is -2.32. The second kappa shape index (κ2) is 7.07. The predicted octanol–water partition coefficient (Wildman–Crippen LogP) is 4.07. The molecule has 2 N–H and O–H groups in total. The fraction of sp³-hybridized carbons (Fsp3) is 0.412. The maximum Gasteiger partial charge on any atom is 0.411 e. The van der Waals surface area contributed by atoms with E-state index in [-0.39, 0.29) is 0 Å². The Kier molecular flexibility index (Phi) is 5.70. The summed E-state index contributed by atoms with van der Waals surface area (Å²) in [4.78, 5) is 11.8. The van der Waals surface area contributed by atoms with Crippen LogP contribution >= 0.6 is 0 Å². The quantitative estimate of drug-likeness (QED) is 0.820. The molecule has 1 amide bonds. The van der Waals surface area contributed by atoms with Crippen LogP contribution in [-0.2, 0) is 11.2 Å². The first-order valence-electron chi connectivity index (χ1n) is 6.98. The fourth-order valence-corrected chi connectivity index (χ4v) is 1.88. The van der Waals surface area contributed by atoms with Gasteiger partial charge in [0.15, 0.2) is 0 Å². The van der Waals surface area contributed by atoms with Gasteiger partial charge in [0, 0.05) is 17.8 Å². The lowest BCUT2D eigenvalue weighted by molar-refractivity contribution is 0.0546. The van der Waals surface area contributed by atoms with E-state index in [0.717, 1.165) is 11.1 Å². The minimum Gasteiger partial charge on any atom is -0.444 e. The van der Waals surface area contributed by atoms with Gasteiger partial charge >= 0.3 is 6.09 Å². The topological polar surface area (TPSA) is 62.2 Å². The Morgan fingerprint density at radius 1 is 1.19 bits per heavy atom. The van der Waals surface area contributed by atoms with Crippen LogP contribution in [0.15, 0.2) is 41.6 Å². The number of carbonyl (C=O) groups excluding carboxylic acids is 1. The van der Waals surface area contributed by atoms with Gasteiger partial charge in [-0.15, -0.1) is 0 Å². The summed E-state index contributed by atoms with van der Waals surface area (Å²) in [5.74, 6) is 0. The maximum absolute atomic E-state index is 11.8. The highest BCUT2D eigenvalue weighted by Gasteiger charge is 2.17. The van der Waals surface area contributed by atoms with Crippen molar-refractivity contribution in [2.45, 2.75) is 46.6 Å². The molecular weight excluding hydrogens is 264 g/mol. The number of alkyl carbamates (subject to hydrolysis) is 1. The van der Waals surface area contributed by atoms with Gasteiger partial charge in [0.05, 0.1) is 0 Å². The van der Waals surface area contributed by atoms with Crippen molar-refractivity contribution in [1.29, 1.82) is 5.41 Å². The van der Waals surface area contributed by atoms with Crippen molar-refractivity contribution in [2.75, 3.05) is 0 Å². The molecule has 0 aliphatic carbocycles. The first-order valence-corrected chi connectivity index (χ1v) is 6.98. The summed E-state index contributed by atoms with van der Waals surface area (Å²) >= 11 is 0. The van der Waals surface area contributed by atoms with Crippen molar-refractivity contribution in [3.63, 3.8) is 0 Å². The van der Waals surface area contributed by atoms with E-state index in [1.807, 2.05) is 51.1 Å². The fourth-order valence-electron chi connectivity index (χ4n) is 1.88. The van der Waals surface area contributed by atoms with Crippen molar-refractivity contribution >= 4 is 11.8 Å². The Hall–Kier alpha value is -2.10. The van der Waals surface area contributed by atoms with Gasteiger partial charge in [-0.1, -0.05) is 30.3 Å². The normalized spacial score (nSPS) is 12.4. The Morgan fingerprint density at radius 3 is 2.24 bits per heavy atom. The summed E-state index contributed by atoms with van der Waals surface area (Å²) in [6.07, 6.45) is 0.115. The number of nitrogens with one attached hydrogen (secondary N) is 2. The van der Waals surface area contributed by atoms with Gasteiger partial charge in [-0.05, 0) is 45.8 Å². The number of rotatable bonds is 4. The summed E-state index contributed by atoms with van der Waals surface area (Å²) in [6.45, 7) is 8.97. The molecule has 0 saturated heterocycles. The van der Waals surface area contributed by atoms with Gasteiger partial charge in [0.2, 0.25) is 0 Å². The first kappa shape index (κ1) is 17.0. The minimum absolute atomic E-state index is 0.437. The molecule has 0 saturated carbocycles. The number of ether oxygens (including phenoxy) is 1. The highest BCUT2D eigenvalue weighted by molar-refractivity contribution is 5.97. The molecule has 114 valence electrons. The molecule has 0 unspecified atom stereocenters. The van der Waals surface area contributed by atoms with Gasteiger partial charge in [0.25, 0.3) is 0 Å². The third kappa shape index (κ3) is 6.25. The molecular formula is C17H24N2O2. The monoisotopic (exact) mass is 288 g/mol. The Bertz CT molecular complexity index is 540. The zero-order chi connectivity index (χ0) is 16.0. The van der Waals surface area contributed by atoms with Gasteiger partial charge in [0.1, 0.15) is 5.60 Å². The van der Waals surface area contributed by atoms with Crippen LogP contribution in [0.4, 0.5) is 4.79 Å². The van der Waals surface area contributed by atoms with Crippen LogP contribution in [0, 0.1) is 5.41 Å². The molecule has 1 aromatic rings. The van der Waals surface area contributed by atoms with Gasteiger partial charge in [-0.3, -0.25) is 5.32 Å². The Labute approximate surface area is 126 Å². The number of carbonyl (C=O) groups is 1. The van der Waals surface area contributed by atoms with Crippen molar-refractivity contribution < 1.29 is 9.53 Å². The molecule has 0 aromatic heterocycles. The Morgan fingerprint density at radius 2 is 1.76 bits per heavy atom. The summed E-state index contributed by atoms with van der Waals surface area (Å²) < 4.78 is 5.23. The molecule has 21 heavy (non-hydrogen) atoms. The van der Waals surface area contributed by atoms with Crippen LogP contribution in [-0.4, -0.2) is 17.4 Å². The molecule has 0 bridgehead atoms. The summed E-state index contributed by atoms with van der Waals surface area (Å²) in [5.41, 5.74) is 2.45. The Balaban J connectivity index is 2.87. The zero-order valence-corrected chi connectivity index (χ0v) is 13.4. The van der Waals surface area contributed by atoms with E-state index in [0.29, 0.717) is 17.8 Å². The van der Waals surface area contributed by atoms with Crippen LogP contribution < -0.4 is 5.32 Å². The van der Waals surface area contributed by atoms with Crippen LogP contribution in [0.2, 0.25) is 0 Å². The van der Waals surface area contributed by atoms with E-state index in [4.69, 9.17) is 10.1 Å². The zero-order valence-electron chi connectivity index (χ0n) is 13.4. The highest BCUT2D eigenvalue weighted by atomic mass is 16.6. The second-order valence-corrected chi connectivity index (χ2v) is 6.02. The number of benzene rings is 1. The summed E-state index contributed by atoms with van der Waals surface area (Å²) in [7, 11) is 0. The largest absolute Gasteiger partial charge is 0.444 e. The molecule has 4 nitrogen and oxygen atoms in total. The highest BCUT2D eigenvalue weighted by Crippen LogP contribution is 2.13. The van der Waals surface area contributed by atoms with Gasteiger partial charge in [-0.25, -0.2) is 4.79 Å². The second-order valence-electron chi connectivity index (χ2n) is 6.02. The molecule has 0 aliphatic heterocycles. The minimum atomic E-state index is -0.538. The smallest absolute Gasteiger partial charge is 0.411 e. The van der Waals surface area contributed by atoms with E-state index in [1.165, 1.54) is 0 Å². The van der Waals surface area contributed by atoms with Crippen molar-refractivity contribution in [2.24, 2.45) is 0 Å². The number of amides is 1. The molecule has 0 heterocycles.